The average Bonchev–Trinajstić information content (AvgIpc) is 2.94. The molecule has 9 heteroatoms. The minimum absolute atomic E-state index is 0.185. The number of amides is 1. The molecule has 0 radical (unpaired) electrons. The van der Waals surface area contributed by atoms with Gasteiger partial charge in [0.25, 0.3) is 0 Å². The second kappa shape index (κ2) is 6.15. The van der Waals surface area contributed by atoms with Gasteiger partial charge < -0.3 is 10.1 Å². The highest BCUT2D eigenvalue weighted by Gasteiger charge is 2.28. The molecular weight excluding hydrogens is 349 g/mol. The summed E-state index contributed by atoms with van der Waals surface area (Å²) in [6.45, 7) is 0. The zero-order chi connectivity index (χ0) is 18.3. The molecule has 0 aliphatic carbocycles. The lowest BCUT2D eigenvalue weighted by atomic mass is 10.1. The molecule has 4 nitrogen and oxygen atoms in total. The number of hydrogen-bond acceptors (Lipinski definition) is 3. The van der Waals surface area contributed by atoms with E-state index in [9.17, 15) is 31.5 Å². The number of ether oxygens (including phenoxy) is 1. The highest BCUT2D eigenvalue weighted by Crippen LogP contribution is 2.30. The standard InChI is InChI=1S/C16H8F5NO3/c17-11-12(18)14(20)16(15(21)13(11)19)25-10(24)4-6-1-2-7-5-9(23)22-8(7)3-6/h1-3H,4-5H2,(H,22,23). The van der Waals surface area contributed by atoms with Crippen molar-refractivity contribution in [3.63, 3.8) is 0 Å². The van der Waals surface area contributed by atoms with E-state index in [1.165, 1.54) is 12.1 Å². The molecule has 0 fully saturated rings. The Morgan fingerprint density at radius 3 is 2.24 bits per heavy atom. The minimum atomic E-state index is -2.34. The van der Waals surface area contributed by atoms with Crippen LogP contribution in [0, 0.1) is 29.1 Å². The van der Waals surface area contributed by atoms with Crippen molar-refractivity contribution in [1.29, 1.82) is 0 Å². The minimum Gasteiger partial charge on any atom is -0.420 e. The Bertz CT molecular complexity index is 884. The Labute approximate surface area is 137 Å². The van der Waals surface area contributed by atoms with E-state index in [1.54, 1.807) is 6.07 Å². The molecule has 1 amide bonds. The van der Waals surface area contributed by atoms with E-state index in [1.807, 2.05) is 0 Å². The second-order valence-corrected chi connectivity index (χ2v) is 5.27. The molecule has 0 unspecified atom stereocenters. The number of carbonyl (C=O) groups is 2. The van der Waals surface area contributed by atoms with Gasteiger partial charge in [-0.25, -0.2) is 13.2 Å². The van der Waals surface area contributed by atoms with Gasteiger partial charge in [0.1, 0.15) is 0 Å². The fourth-order valence-corrected chi connectivity index (χ4v) is 2.36. The summed E-state index contributed by atoms with van der Waals surface area (Å²) in [5, 5.41) is 2.55. The van der Waals surface area contributed by atoms with Crippen LogP contribution in [0.25, 0.3) is 0 Å². The van der Waals surface area contributed by atoms with Crippen LogP contribution in [0.5, 0.6) is 5.75 Å². The lowest BCUT2D eigenvalue weighted by molar-refractivity contribution is -0.134. The van der Waals surface area contributed by atoms with Gasteiger partial charge >= 0.3 is 5.97 Å². The summed E-state index contributed by atoms with van der Waals surface area (Å²) in [5.41, 5.74) is 1.52. The van der Waals surface area contributed by atoms with Crippen molar-refractivity contribution >= 4 is 17.6 Å². The normalized spacial score (nSPS) is 12.8. The van der Waals surface area contributed by atoms with E-state index in [2.05, 4.69) is 10.1 Å². The summed E-state index contributed by atoms with van der Waals surface area (Å²) in [6, 6.07) is 4.52. The number of halogens is 5. The van der Waals surface area contributed by atoms with Crippen molar-refractivity contribution in [2.75, 3.05) is 5.32 Å². The van der Waals surface area contributed by atoms with Crippen LogP contribution in [0.3, 0.4) is 0 Å². The van der Waals surface area contributed by atoms with Crippen molar-refractivity contribution in [2.45, 2.75) is 12.8 Å². The third-order valence-electron chi connectivity index (χ3n) is 3.53. The van der Waals surface area contributed by atoms with Crippen LogP contribution in [0.15, 0.2) is 18.2 Å². The maximum atomic E-state index is 13.5. The zero-order valence-corrected chi connectivity index (χ0v) is 12.3. The van der Waals surface area contributed by atoms with Gasteiger partial charge in [-0.05, 0) is 17.2 Å². The number of hydrogen-bond donors (Lipinski definition) is 1. The third kappa shape index (κ3) is 3.04. The average molecular weight is 357 g/mol. The molecule has 25 heavy (non-hydrogen) atoms. The molecule has 1 aliphatic rings. The van der Waals surface area contributed by atoms with Gasteiger partial charge in [0.15, 0.2) is 0 Å². The fraction of sp³-hybridized carbons (Fsp3) is 0.125. The van der Waals surface area contributed by atoms with Crippen LogP contribution in [-0.4, -0.2) is 11.9 Å². The molecule has 0 bridgehead atoms. The van der Waals surface area contributed by atoms with Gasteiger partial charge in [0, 0.05) is 5.69 Å². The number of fused-ring (bicyclic) bond motifs is 1. The SMILES string of the molecule is O=C1Cc2ccc(CC(=O)Oc3c(F)c(F)c(F)c(F)c3F)cc2N1. The van der Waals surface area contributed by atoms with E-state index in [4.69, 9.17) is 0 Å². The molecule has 0 aromatic heterocycles. The molecular formula is C16H8F5NO3. The first kappa shape index (κ1) is 16.9. The van der Waals surface area contributed by atoms with Gasteiger partial charge in [-0.3, -0.25) is 9.59 Å². The van der Waals surface area contributed by atoms with Crippen LogP contribution >= 0.6 is 0 Å². The number of carbonyl (C=O) groups excluding carboxylic acids is 2. The first-order chi connectivity index (χ1) is 11.8. The zero-order valence-electron chi connectivity index (χ0n) is 12.3. The summed E-state index contributed by atoms with van der Waals surface area (Å²) in [4.78, 5) is 23.0. The molecule has 1 heterocycles. The smallest absolute Gasteiger partial charge is 0.315 e. The molecule has 0 atom stereocenters. The van der Waals surface area contributed by atoms with Gasteiger partial charge in [-0.2, -0.15) is 8.78 Å². The Morgan fingerprint density at radius 1 is 1.00 bits per heavy atom. The van der Waals surface area contributed by atoms with Crippen molar-refractivity contribution in [3.05, 3.63) is 58.4 Å². The van der Waals surface area contributed by atoms with E-state index >= 15 is 0 Å². The number of benzene rings is 2. The van der Waals surface area contributed by atoms with E-state index in [-0.39, 0.29) is 12.3 Å². The molecule has 0 saturated carbocycles. The number of esters is 1. The Balaban J connectivity index is 1.80. The first-order valence-corrected chi connectivity index (χ1v) is 6.91. The number of rotatable bonds is 3. The first-order valence-electron chi connectivity index (χ1n) is 6.91. The van der Waals surface area contributed by atoms with E-state index in [0.29, 0.717) is 16.8 Å². The van der Waals surface area contributed by atoms with Gasteiger partial charge in [-0.15, -0.1) is 0 Å². The topological polar surface area (TPSA) is 55.4 Å². The maximum Gasteiger partial charge on any atom is 0.315 e. The quantitative estimate of drug-likeness (QED) is 0.302. The van der Waals surface area contributed by atoms with Gasteiger partial charge in [0.05, 0.1) is 12.8 Å². The summed E-state index contributed by atoms with van der Waals surface area (Å²) in [7, 11) is 0. The van der Waals surface area contributed by atoms with Crippen molar-refractivity contribution < 1.29 is 36.3 Å². The molecule has 2 aromatic carbocycles. The second-order valence-electron chi connectivity index (χ2n) is 5.27. The summed E-state index contributed by atoms with van der Waals surface area (Å²) in [5.74, 6) is -14.3. The third-order valence-corrected chi connectivity index (χ3v) is 3.53. The Morgan fingerprint density at radius 2 is 1.60 bits per heavy atom. The van der Waals surface area contributed by atoms with Crippen LogP contribution in [0.1, 0.15) is 11.1 Å². The molecule has 1 aliphatic heterocycles. The van der Waals surface area contributed by atoms with Crippen LogP contribution in [-0.2, 0) is 22.4 Å². The van der Waals surface area contributed by atoms with Crippen molar-refractivity contribution in [3.8, 4) is 5.75 Å². The molecule has 2 aromatic rings. The fourth-order valence-electron chi connectivity index (χ4n) is 2.36. The largest absolute Gasteiger partial charge is 0.420 e. The maximum absolute atomic E-state index is 13.5. The monoisotopic (exact) mass is 357 g/mol. The predicted octanol–water partition coefficient (Wildman–Crippen LogP) is 3.02. The molecule has 3 rings (SSSR count). The van der Waals surface area contributed by atoms with Gasteiger partial charge in [-0.1, -0.05) is 12.1 Å². The van der Waals surface area contributed by atoms with Crippen LogP contribution in [0.2, 0.25) is 0 Å². The van der Waals surface area contributed by atoms with E-state index < -0.39 is 47.2 Å². The molecule has 1 N–H and O–H groups in total. The summed E-state index contributed by atoms with van der Waals surface area (Å²) in [6.07, 6.45) is -0.312. The highest BCUT2D eigenvalue weighted by atomic mass is 19.2. The predicted molar refractivity (Wildman–Crippen MR) is 74.3 cm³/mol. The summed E-state index contributed by atoms with van der Waals surface area (Å²) >= 11 is 0. The molecule has 0 saturated heterocycles. The molecule has 0 spiro atoms. The van der Waals surface area contributed by atoms with Crippen LogP contribution in [0.4, 0.5) is 27.6 Å². The van der Waals surface area contributed by atoms with Crippen molar-refractivity contribution in [1.82, 2.24) is 0 Å². The van der Waals surface area contributed by atoms with E-state index in [0.717, 1.165) is 0 Å². The molecule has 130 valence electrons. The lowest BCUT2D eigenvalue weighted by Gasteiger charge is -2.09. The number of nitrogens with one attached hydrogen (secondary N) is 1. The number of anilines is 1. The van der Waals surface area contributed by atoms with Crippen LogP contribution < -0.4 is 10.1 Å². The Hall–Kier alpha value is -2.97. The lowest BCUT2D eigenvalue weighted by Crippen LogP contribution is -2.15. The van der Waals surface area contributed by atoms with Crippen molar-refractivity contribution in [2.24, 2.45) is 0 Å². The Kier molecular flexibility index (Phi) is 4.15. The summed E-state index contributed by atoms with van der Waals surface area (Å²) < 4.78 is 70.4. The van der Waals surface area contributed by atoms with Gasteiger partial charge in [0.2, 0.25) is 40.7 Å². The highest BCUT2D eigenvalue weighted by molar-refractivity contribution is 5.99.